The third-order valence-electron chi connectivity index (χ3n) is 3.98. The van der Waals surface area contributed by atoms with Gasteiger partial charge in [-0.1, -0.05) is 25.4 Å². The summed E-state index contributed by atoms with van der Waals surface area (Å²) < 4.78 is 10.6. The van der Waals surface area contributed by atoms with Crippen LogP contribution in [0, 0.1) is 0 Å². The van der Waals surface area contributed by atoms with Gasteiger partial charge in [0.2, 0.25) is 0 Å². The Morgan fingerprint density at radius 1 is 1.39 bits per heavy atom. The van der Waals surface area contributed by atoms with Crippen molar-refractivity contribution in [3.8, 4) is 0 Å². The van der Waals surface area contributed by atoms with E-state index in [9.17, 15) is 4.79 Å². The Morgan fingerprint density at radius 3 is 2.91 bits per heavy atom. The van der Waals surface area contributed by atoms with Gasteiger partial charge in [-0.15, -0.1) is 0 Å². The van der Waals surface area contributed by atoms with Crippen LogP contribution in [-0.4, -0.2) is 36.8 Å². The van der Waals surface area contributed by atoms with Crippen LogP contribution in [0.25, 0.3) is 10.9 Å². The van der Waals surface area contributed by atoms with E-state index in [1.807, 2.05) is 12.1 Å². The summed E-state index contributed by atoms with van der Waals surface area (Å²) >= 11 is 6.32. The molecule has 1 aromatic carbocycles. The van der Waals surface area contributed by atoms with Crippen molar-refractivity contribution in [2.45, 2.75) is 32.4 Å². The van der Waals surface area contributed by atoms with E-state index in [1.165, 1.54) is 0 Å². The maximum Gasteiger partial charge on any atom is 0.251 e. The van der Waals surface area contributed by atoms with E-state index in [2.05, 4.69) is 30.2 Å². The standard InChI is InChI=1S/C17H21ClN2O3/c1-10(2)13-7-15-11(6-14(13)18)5-12(20-15)8-19-17(21)16-9-22-3-4-23-16/h5-7,10,16,20H,3-4,8-9H2,1-2H3,(H,19,21). The molecule has 1 atom stereocenters. The van der Waals surface area contributed by atoms with Crippen LogP contribution in [-0.2, 0) is 20.8 Å². The summed E-state index contributed by atoms with van der Waals surface area (Å²) in [5, 5.41) is 4.69. The van der Waals surface area contributed by atoms with Crippen LogP contribution in [0.3, 0.4) is 0 Å². The lowest BCUT2D eigenvalue weighted by Gasteiger charge is -2.21. The van der Waals surface area contributed by atoms with E-state index in [-0.39, 0.29) is 5.91 Å². The second kappa shape index (κ2) is 6.91. The van der Waals surface area contributed by atoms with Crippen LogP contribution in [0.2, 0.25) is 5.02 Å². The summed E-state index contributed by atoms with van der Waals surface area (Å²) in [5.74, 6) is 0.214. The van der Waals surface area contributed by atoms with Gasteiger partial charge in [0.1, 0.15) is 0 Å². The molecule has 2 N–H and O–H groups in total. The molecule has 0 radical (unpaired) electrons. The number of rotatable bonds is 4. The average Bonchev–Trinajstić information content (AvgIpc) is 2.94. The minimum Gasteiger partial charge on any atom is -0.376 e. The van der Waals surface area contributed by atoms with Crippen molar-refractivity contribution in [1.82, 2.24) is 10.3 Å². The van der Waals surface area contributed by atoms with E-state index in [0.717, 1.165) is 27.2 Å². The molecular formula is C17H21ClN2O3. The van der Waals surface area contributed by atoms with Gasteiger partial charge in [-0.3, -0.25) is 4.79 Å². The highest BCUT2D eigenvalue weighted by molar-refractivity contribution is 6.32. The van der Waals surface area contributed by atoms with Crippen LogP contribution in [0.4, 0.5) is 0 Å². The lowest BCUT2D eigenvalue weighted by Crippen LogP contribution is -2.42. The summed E-state index contributed by atoms with van der Waals surface area (Å²) in [5.41, 5.74) is 3.08. The van der Waals surface area contributed by atoms with Crippen molar-refractivity contribution < 1.29 is 14.3 Å². The zero-order valence-electron chi connectivity index (χ0n) is 13.3. The third-order valence-corrected chi connectivity index (χ3v) is 4.30. The number of hydrogen-bond donors (Lipinski definition) is 2. The molecule has 2 aromatic rings. The van der Waals surface area contributed by atoms with Gasteiger partial charge >= 0.3 is 0 Å². The molecule has 1 amide bonds. The van der Waals surface area contributed by atoms with Crippen LogP contribution in [0.1, 0.15) is 31.0 Å². The normalized spacial score (nSPS) is 18.5. The Morgan fingerprint density at radius 2 is 2.22 bits per heavy atom. The Bertz CT molecular complexity index is 705. The first-order valence-corrected chi connectivity index (χ1v) is 8.20. The van der Waals surface area contributed by atoms with Crippen LogP contribution in [0.15, 0.2) is 18.2 Å². The number of fused-ring (bicyclic) bond motifs is 1. The molecule has 1 fully saturated rings. The molecule has 23 heavy (non-hydrogen) atoms. The monoisotopic (exact) mass is 336 g/mol. The number of benzene rings is 1. The van der Waals surface area contributed by atoms with Gasteiger partial charge in [0, 0.05) is 21.6 Å². The van der Waals surface area contributed by atoms with E-state index in [4.69, 9.17) is 21.1 Å². The lowest BCUT2D eigenvalue weighted by atomic mass is 10.0. The van der Waals surface area contributed by atoms with Gasteiger partial charge in [0.05, 0.1) is 26.4 Å². The van der Waals surface area contributed by atoms with Gasteiger partial charge < -0.3 is 19.8 Å². The molecule has 0 saturated carbocycles. The predicted octanol–water partition coefficient (Wildman–Crippen LogP) is 2.98. The highest BCUT2D eigenvalue weighted by atomic mass is 35.5. The molecule has 6 heteroatoms. The zero-order chi connectivity index (χ0) is 16.4. The van der Waals surface area contributed by atoms with Gasteiger partial charge in [0.15, 0.2) is 6.10 Å². The predicted molar refractivity (Wildman–Crippen MR) is 89.8 cm³/mol. The van der Waals surface area contributed by atoms with E-state index in [1.54, 1.807) is 0 Å². The average molecular weight is 337 g/mol. The number of aromatic nitrogens is 1. The number of carbonyl (C=O) groups is 1. The smallest absolute Gasteiger partial charge is 0.251 e. The van der Waals surface area contributed by atoms with E-state index in [0.29, 0.717) is 32.3 Å². The SMILES string of the molecule is CC(C)c1cc2[nH]c(CNC(=O)C3COCCO3)cc2cc1Cl. The molecule has 1 saturated heterocycles. The van der Waals surface area contributed by atoms with Gasteiger partial charge in [-0.25, -0.2) is 0 Å². The Balaban J connectivity index is 1.69. The largest absolute Gasteiger partial charge is 0.376 e. The number of nitrogens with one attached hydrogen (secondary N) is 2. The lowest BCUT2D eigenvalue weighted by molar-refractivity contribution is -0.147. The van der Waals surface area contributed by atoms with E-state index >= 15 is 0 Å². The van der Waals surface area contributed by atoms with Crippen molar-refractivity contribution in [3.63, 3.8) is 0 Å². The summed E-state index contributed by atoms with van der Waals surface area (Å²) in [7, 11) is 0. The van der Waals surface area contributed by atoms with Crippen molar-refractivity contribution in [1.29, 1.82) is 0 Å². The van der Waals surface area contributed by atoms with Crippen molar-refractivity contribution in [2.75, 3.05) is 19.8 Å². The first-order valence-electron chi connectivity index (χ1n) is 7.82. The quantitative estimate of drug-likeness (QED) is 0.902. The first-order chi connectivity index (χ1) is 11.0. The number of carbonyl (C=O) groups excluding carboxylic acids is 1. The molecule has 1 aromatic heterocycles. The number of aromatic amines is 1. The highest BCUT2D eigenvalue weighted by Crippen LogP contribution is 2.29. The Kier molecular flexibility index (Phi) is 4.90. The number of ether oxygens (including phenoxy) is 2. The van der Waals surface area contributed by atoms with Gasteiger partial charge in [0.25, 0.3) is 5.91 Å². The highest BCUT2D eigenvalue weighted by Gasteiger charge is 2.22. The summed E-state index contributed by atoms with van der Waals surface area (Å²) in [6.07, 6.45) is -0.518. The fourth-order valence-corrected chi connectivity index (χ4v) is 3.09. The Hall–Kier alpha value is -1.56. The molecule has 0 aliphatic carbocycles. The topological polar surface area (TPSA) is 63.4 Å². The molecule has 1 aliphatic heterocycles. The number of amides is 1. The van der Waals surface area contributed by atoms with Gasteiger partial charge in [-0.2, -0.15) is 0 Å². The molecule has 0 bridgehead atoms. The van der Waals surface area contributed by atoms with Crippen LogP contribution < -0.4 is 5.32 Å². The maximum atomic E-state index is 12.0. The van der Waals surface area contributed by atoms with Crippen LogP contribution in [0.5, 0.6) is 0 Å². The summed E-state index contributed by atoms with van der Waals surface area (Å²) in [6.45, 7) is 5.96. The second-order valence-electron chi connectivity index (χ2n) is 6.06. The molecule has 124 valence electrons. The molecular weight excluding hydrogens is 316 g/mol. The number of halogens is 1. The third kappa shape index (κ3) is 3.68. The number of hydrogen-bond acceptors (Lipinski definition) is 3. The van der Waals surface area contributed by atoms with Crippen molar-refractivity contribution >= 4 is 28.4 Å². The fraction of sp³-hybridized carbons (Fsp3) is 0.471. The first kappa shape index (κ1) is 16.3. The van der Waals surface area contributed by atoms with Crippen LogP contribution >= 0.6 is 11.6 Å². The Labute approximate surface area is 140 Å². The second-order valence-corrected chi connectivity index (χ2v) is 6.47. The molecule has 5 nitrogen and oxygen atoms in total. The summed E-state index contributed by atoms with van der Waals surface area (Å²) in [4.78, 5) is 15.4. The van der Waals surface area contributed by atoms with Crippen molar-refractivity contribution in [3.05, 3.63) is 34.5 Å². The molecule has 1 unspecified atom stereocenters. The van der Waals surface area contributed by atoms with Crippen molar-refractivity contribution in [2.24, 2.45) is 0 Å². The maximum absolute atomic E-state index is 12.0. The molecule has 2 heterocycles. The fourth-order valence-electron chi connectivity index (χ4n) is 2.70. The summed E-state index contributed by atoms with van der Waals surface area (Å²) in [6, 6.07) is 6.04. The minimum absolute atomic E-state index is 0.149. The molecule has 3 rings (SSSR count). The number of H-pyrrole nitrogens is 1. The molecule has 1 aliphatic rings. The zero-order valence-corrected chi connectivity index (χ0v) is 14.1. The van der Waals surface area contributed by atoms with Gasteiger partial charge in [-0.05, 0) is 29.7 Å². The molecule has 0 spiro atoms. The minimum atomic E-state index is -0.518. The van der Waals surface area contributed by atoms with E-state index < -0.39 is 6.10 Å².